The molecule has 2 aromatic rings. The molecular weight excluding hydrogens is 274 g/mol. The van der Waals surface area contributed by atoms with Crippen LogP contribution >= 0.6 is 11.3 Å². The molecule has 1 N–H and O–H groups in total. The van der Waals surface area contributed by atoms with Crippen molar-refractivity contribution in [3.05, 3.63) is 46.8 Å². The molecule has 20 heavy (non-hydrogen) atoms. The number of nitrogens with one attached hydrogen (secondary N) is 1. The molecule has 1 amide bonds. The predicted octanol–water partition coefficient (Wildman–Crippen LogP) is 1.81. The van der Waals surface area contributed by atoms with Crippen LogP contribution in [0.4, 0.5) is 0 Å². The van der Waals surface area contributed by atoms with Crippen LogP contribution in [0.2, 0.25) is 0 Å². The van der Waals surface area contributed by atoms with Crippen molar-refractivity contribution >= 4 is 17.2 Å². The van der Waals surface area contributed by atoms with Crippen LogP contribution in [0.15, 0.2) is 36.1 Å². The number of amides is 1. The van der Waals surface area contributed by atoms with E-state index in [9.17, 15) is 4.79 Å². The first-order valence-electron chi connectivity index (χ1n) is 6.32. The summed E-state index contributed by atoms with van der Waals surface area (Å²) in [4.78, 5) is 18.2. The number of carbonyl (C=O) groups excluding carboxylic acids is 1. The van der Waals surface area contributed by atoms with E-state index >= 15 is 0 Å². The Balaban J connectivity index is 1.92. The van der Waals surface area contributed by atoms with Gasteiger partial charge in [-0.3, -0.25) is 4.79 Å². The van der Waals surface area contributed by atoms with Gasteiger partial charge < -0.3 is 10.2 Å². The third-order valence-corrected chi connectivity index (χ3v) is 4.30. The van der Waals surface area contributed by atoms with Crippen molar-refractivity contribution in [1.82, 2.24) is 25.0 Å². The van der Waals surface area contributed by atoms with Crippen molar-refractivity contribution in [3.63, 3.8) is 0 Å². The van der Waals surface area contributed by atoms with Crippen LogP contribution < -0.4 is 5.32 Å². The lowest BCUT2D eigenvalue weighted by Crippen LogP contribution is -2.46. The van der Waals surface area contributed by atoms with Gasteiger partial charge in [0.15, 0.2) is 0 Å². The Morgan fingerprint density at radius 1 is 1.50 bits per heavy atom. The standard InChI is InChI=1S/C13H15N5OS/c1-9-8-20-12(15-9)10(2)17-7-4-11(19)16-13(17)18-6-3-5-14-18/h3-8,10,13H,1-2H3,(H,16,19). The van der Waals surface area contributed by atoms with E-state index in [0.717, 1.165) is 10.7 Å². The summed E-state index contributed by atoms with van der Waals surface area (Å²) in [7, 11) is 0. The molecular formula is C13H15N5OS. The second kappa shape index (κ2) is 5.09. The minimum Gasteiger partial charge on any atom is -0.330 e. The second-order valence-corrected chi connectivity index (χ2v) is 5.52. The molecule has 2 atom stereocenters. The monoisotopic (exact) mass is 289 g/mol. The van der Waals surface area contributed by atoms with Crippen LogP contribution in [0.1, 0.15) is 30.0 Å². The van der Waals surface area contributed by atoms with E-state index in [0.29, 0.717) is 0 Å². The molecule has 2 unspecified atom stereocenters. The molecule has 7 heteroatoms. The molecule has 0 aromatic carbocycles. The number of rotatable bonds is 3. The summed E-state index contributed by atoms with van der Waals surface area (Å²) >= 11 is 1.62. The van der Waals surface area contributed by atoms with Crippen LogP contribution in [-0.4, -0.2) is 25.6 Å². The van der Waals surface area contributed by atoms with Crippen molar-refractivity contribution < 1.29 is 4.79 Å². The highest BCUT2D eigenvalue weighted by Gasteiger charge is 2.28. The first-order valence-corrected chi connectivity index (χ1v) is 7.20. The van der Waals surface area contributed by atoms with Crippen LogP contribution in [-0.2, 0) is 4.79 Å². The third-order valence-electron chi connectivity index (χ3n) is 3.17. The largest absolute Gasteiger partial charge is 0.330 e. The van der Waals surface area contributed by atoms with Crippen molar-refractivity contribution in [2.45, 2.75) is 26.2 Å². The summed E-state index contributed by atoms with van der Waals surface area (Å²) in [5.41, 5.74) is 1.01. The molecule has 104 valence electrons. The van der Waals surface area contributed by atoms with Crippen LogP contribution in [0.3, 0.4) is 0 Å². The average molecular weight is 289 g/mol. The fraction of sp³-hybridized carbons (Fsp3) is 0.308. The Kier molecular flexibility index (Phi) is 3.27. The molecule has 1 aliphatic rings. The smallest absolute Gasteiger partial charge is 0.248 e. The average Bonchev–Trinajstić information content (AvgIpc) is 3.09. The molecule has 0 aliphatic carbocycles. The Morgan fingerprint density at radius 3 is 3.00 bits per heavy atom. The lowest BCUT2D eigenvalue weighted by Gasteiger charge is -2.37. The molecule has 2 aromatic heterocycles. The van der Waals surface area contributed by atoms with E-state index in [1.807, 2.05) is 29.5 Å². The number of hydrogen-bond acceptors (Lipinski definition) is 5. The molecule has 0 spiro atoms. The molecule has 3 heterocycles. The number of carbonyl (C=O) groups is 1. The molecule has 0 saturated heterocycles. The van der Waals surface area contributed by atoms with Crippen molar-refractivity contribution in [3.8, 4) is 0 Å². The maximum atomic E-state index is 11.6. The Morgan fingerprint density at radius 2 is 2.35 bits per heavy atom. The van der Waals surface area contributed by atoms with Crippen LogP contribution in [0, 0.1) is 6.92 Å². The van der Waals surface area contributed by atoms with Crippen LogP contribution in [0.25, 0.3) is 0 Å². The first-order chi connectivity index (χ1) is 9.65. The fourth-order valence-corrected chi connectivity index (χ4v) is 3.01. The Labute approximate surface area is 120 Å². The lowest BCUT2D eigenvalue weighted by atomic mass is 10.2. The van der Waals surface area contributed by atoms with Crippen molar-refractivity contribution in [1.29, 1.82) is 0 Å². The number of nitrogens with zero attached hydrogens (tertiary/aromatic N) is 4. The van der Waals surface area contributed by atoms with Gasteiger partial charge in [-0.1, -0.05) is 0 Å². The second-order valence-electron chi connectivity index (χ2n) is 4.63. The van der Waals surface area contributed by atoms with Gasteiger partial charge in [0, 0.05) is 35.7 Å². The zero-order chi connectivity index (χ0) is 14.1. The molecule has 6 nitrogen and oxygen atoms in total. The van der Waals surface area contributed by atoms with E-state index in [-0.39, 0.29) is 18.2 Å². The highest BCUT2D eigenvalue weighted by atomic mass is 32.1. The van der Waals surface area contributed by atoms with Gasteiger partial charge in [0.2, 0.25) is 12.2 Å². The highest BCUT2D eigenvalue weighted by Crippen LogP contribution is 2.29. The maximum Gasteiger partial charge on any atom is 0.248 e. The Hall–Kier alpha value is -2.15. The zero-order valence-corrected chi connectivity index (χ0v) is 12.0. The van der Waals surface area contributed by atoms with E-state index in [1.165, 1.54) is 6.08 Å². The molecule has 3 rings (SSSR count). The Bertz CT molecular complexity index is 633. The summed E-state index contributed by atoms with van der Waals surface area (Å²) in [6, 6.07) is 1.89. The van der Waals surface area contributed by atoms with Gasteiger partial charge in [0.1, 0.15) is 5.01 Å². The van der Waals surface area contributed by atoms with Crippen molar-refractivity contribution in [2.24, 2.45) is 0 Å². The van der Waals surface area contributed by atoms with Gasteiger partial charge >= 0.3 is 0 Å². The topological polar surface area (TPSA) is 63.1 Å². The summed E-state index contributed by atoms with van der Waals surface area (Å²) in [6.07, 6.45) is 6.52. The summed E-state index contributed by atoms with van der Waals surface area (Å²) in [5.74, 6) is -0.121. The summed E-state index contributed by atoms with van der Waals surface area (Å²) in [6.45, 7) is 4.04. The van der Waals surface area contributed by atoms with E-state index in [1.54, 1.807) is 28.4 Å². The zero-order valence-electron chi connectivity index (χ0n) is 11.2. The molecule has 0 saturated carbocycles. The summed E-state index contributed by atoms with van der Waals surface area (Å²) in [5, 5.41) is 10.2. The number of aromatic nitrogens is 3. The predicted molar refractivity (Wildman–Crippen MR) is 75.7 cm³/mol. The van der Waals surface area contributed by atoms with Gasteiger partial charge in [-0.15, -0.1) is 11.3 Å². The normalized spacial score (nSPS) is 20.0. The van der Waals surface area contributed by atoms with E-state index < -0.39 is 0 Å². The fourth-order valence-electron chi connectivity index (χ4n) is 2.15. The molecule has 1 aliphatic heterocycles. The maximum absolute atomic E-state index is 11.6. The number of aryl methyl sites for hydroxylation is 1. The minimum atomic E-state index is -0.332. The lowest BCUT2D eigenvalue weighted by molar-refractivity contribution is -0.121. The van der Waals surface area contributed by atoms with E-state index in [4.69, 9.17) is 0 Å². The first kappa shape index (κ1) is 12.9. The van der Waals surface area contributed by atoms with E-state index in [2.05, 4.69) is 22.3 Å². The SMILES string of the molecule is Cc1csc(C(C)N2C=CC(=O)NC2n2cccn2)n1. The van der Waals surface area contributed by atoms with Gasteiger partial charge in [-0.05, 0) is 19.9 Å². The molecule has 0 bridgehead atoms. The molecule has 0 fully saturated rings. The van der Waals surface area contributed by atoms with Gasteiger partial charge in [-0.2, -0.15) is 5.10 Å². The van der Waals surface area contributed by atoms with Gasteiger partial charge in [0.25, 0.3) is 0 Å². The summed E-state index contributed by atoms with van der Waals surface area (Å²) < 4.78 is 1.72. The number of hydrogen-bond donors (Lipinski definition) is 1. The minimum absolute atomic E-state index is 0.0553. The molecule has 0 radical (unpaired) electrons. The van der Waals surface area contributed by atoms with Crippen molar-refractivity contribution in [2.75, 3.05) is 0 Å². The quantitative estimate of drug-likeness (QED) is 0.936. The van der Waals surface area contributed by atoms with Gasteiger partial charge in [0.05, 0.1) is 6.04 Å². The third kappa shape index (κ3) is 2.32. The van der Waals surface area contributed by atoms with Gasteiger partial charge in [-0.25, -0.2) is 9.67 Å². The highest BCUT2D eigenvalue weighted by molar-refractivity contribution is 7.09. The van der Waals surface area contributed by atoms with Crippen LogP contribution in [0.5, 0.6) is 0 Å². The number of thiazole rings is 1.